The average Bonchev–Trinajstić information content (AvgIpc) is 2.24. The molecule has 0 aliphatic heterocycles. The first kappa shape index (κ1) is 19.2. The first-order valence-corrected chi connectivity index (χ1v) is 5.48. The molecule has 0 aromatic carbocycles. The first-order chi connectivity index (χ1) is 7.86. The van der Waals surface area contributed by atoms with Gasteiger partial charge in [0.15, 0.2) is 6.10 Å². The number of nitrogens with two attached hydrogens (primary N) is 1. The van der Waals surface area contributed by atoms with Gasteiger partial charge in [0.05, 0.1) is 19.1 Å². The summed E-state index contributed by atoms with van der Waals surface area (Å²) in [5.41, 5.74) is 5.09. The minimum absolute atomic E-state index is 0. The van der Waals surface area contributed by atoms with Crippen molar-refractivity contribution in [2.75, 3.05) is 6.54 Å². The highest BCUT2D eigenvalue weighted by atomic mass is 35.5. The van der Waals surface area contributed by atoms with E-state index in [0.29, 0.717) is 0 Å². The van der Waals surface area contributed by atoms with E-state index in [-0.39, 0.29) is 43.7 Å². The average molecular weight is 282 g/mol. The lowest BCUT2D eigenvalue weighted by Gasteiger charge is -2.14. The Hall–Kier alpha value is -1.14. The topological polar surface area (TPSA) is 95.7 Å². The summed E-state index contributed by atoms with van der Waals surface area (Å²) >= 11 is 0. The Bertz CT molecular complexity index is 293. The van der Waals surface area contributed by atoms with E-state index in [4.69, 9.17) is 15.2 Å². The lowest BCUT2D eigenvalue weighted by atomic mass is 10.2. The number of carbonyl (C=O) groups is 3. The third kappa shape index (κ3) is 8.95. The molecule has 7 heteroatoms. The molecule has 0 aliphatic carbocycles. The van der Waals surface area contributed by atoms with Crippen molar-refractivity contribution in [3.8, 4) is 0 Å². The molecule has 0 saturated carbocycles. The molecule has 0 bridgehead atoms. The van der Waals surface area contributed by atoms with Gasteiger partial charge in [0.25, 0.3) is 0 Å². The van der Waals surface area contributed by atoms with Crippen LogP contribution in [0.2, 0.25) is 0 Å². The molecule has 106 valence electrons. The summed E-state index contributed by atoms with van der Waals surface area (Å²) in [4.78, 5) is 33.4. The van der Waals surface area contributed by atoms with Crippen molar-refractivity contribution in [2.45, 2.75) is 45.8 Å². The third-order valence-electron chi connectivity index (χ3n) is 1.83. The summed E-state index contributed by atoms with van der Waals surface area (Å²) in [6.45, 7) is 4.73. The Balaban J connectivity index is 0. The van der Waals surface area contributed by atoms with Crippen molar-refractivity contribution in [3.63, 3.8) is 0 Å². The number of halogens is 1. The van der Waals surface area contributed by atoms with Crippen LogP contribution < -0.4 is 5.73 Å². The highest BCUT2D eigenvalue weighted by molar-refractivity contribution is 5.85. The van der Waals surface area contributed by atoms with Crippen LogP contribution >= 0.6 is 12.4 Å². The highest BCUT2D eigenvalue weighted by Crippen LogP contribution is 2.02. The zero-order chi connectivity index (χ0) is 13.4. The summed E-state index contributed by atoms with van der Waals surface area (Å²) < 4.78 is 9.66. The molecule has 0 rings (SSSR count). The number of carbonyl (C=O) groups excluding carboxylic acids is 3. The Morgan fingerprint density at radius 1 is 1.06 bits per heavy atom. The molecule has 0 saturated heterocycles. The second kappa shape index (κ2) is 9.85. The van der Waals surface area contributed by atoms with E-state index in [0.717, 1.165) is 0 Å². The van der Waals surface area contributed by atoms with Gasteiger partial charge in [-0.2, -0.15) is 0 Å². The van der Waals surface area contributed by atoms with Crippen LogP contribution in [-0.2, 0) is 23.9 Å². The van der Waals surface area contributed by atoms with Crippen molar-refractivity contribution in [1.29, 1.82) is 0 Å². The third-order valence-corrected chi connectivity index (χ3v) is 1.83. The number of rotatable bonds is 7. The number of Topliss-reactive ketones (excluding diaryl/α,β-unsaturated/α-hetero) is 1. The van der Waals surface area contributed by atoms with Crippen LogP contribution in [0.5, 0.6) is 0 Å². The fourth-order valence-corrected chi connectivity index (χ4v) is 0.976. The summed E-state index contributed by atoms with van der Waals surface area (Å²) in [7, 11) is 0. The highest BCUT2D eigenvalue weighted by Gasteiger charge is 2.20. The van der Waals surface area contributed by atoms with Gasteiger partial charge in [0.1, 0.15) is 5.78 Å². The van der Waals surface area contributed by atoms with E-state index >= 15 is 0 Å². The van der Waals surface area contributed by atoms with Gasteiger partial charge in [-0.15, -0.1) is 12.4 Å². The molecule has 1 unspecified atom stereocenters. The van der Waals surface area contributed by atoms with Crippen LogP contribution in [0, 0.1) is 0 Å². The fourth-order valence-electron chi connectivity index (χ4n) is 0.976. The second-order valence-corrected chi connectivity index (χ2v) is 3.86. The normalized spacial score (nSPS) is 11.4. The molecule has 0 amide bonds. The number of ketones is 1. The Morgan fingerprint density at radius 2 is 1.61 bits per heavy atom. The summed E-state index contributed by atoms with van der Waals surface area (Å²) in [5.74, 6) is -1.43. The lowest BCUT2D eigenvalue weighted by molar-refractivity contribution is -0.169. The van der Waals surface area contributed by atoms with E-state index in [1.54, 1.807) is 13.8 Å². The predicted molar refractivity (Wildman–Crippen MR) is 67.3 cm³/mol. The first-order valence-electron chi connectivity index (χ1n) is 5.48. The van der Waals surface area contributed by atoms with Crippen LogP contribution in [0.3, 0.4) is 0 Å². The van der Waals surface area contributed by atoms with Gasteiger partial charge in [-0.05, 0) is 20.8 Å². The maximum absolute atomic E-state index is 11.3. The Labute approximate surface area is 113 Å². The van der Waals surface area contributed by atoms with Crippen LogP contribution in [0.15, 0.2) is 0 Å². The van der Waals surface area contributed by atoms with E-state index in [9.17, 15) is 14.4 Å². The zero-order valence-corrected chi connectivity index (χ0v) is 11.6. The smallest absolute Gasteiger partial charge is 0.347 e. The van der Waals surface area contributed by atoms with E-state index in [1.807, 2.05) is 0 Å². The monoisotopic (exact) mass is 281 g/mol. The van der Waals surface area contributed by atoms with E-state index < -0.39 is 18.0 Å². The van der Waals surface area contributed by atoms with Crippen LogP contribution in [0.4, 0.5) is 0 Å². The summed E-state index contributed by atoms with van der Waals surface area (Å²) in [6, 6.07) is 0. The molecule has 18 heavy (non-hydrogen) atoms. The number of esters is 2. The molecule has 0 spiro atoms. The second-order valence-electron chi connectivity index (χ2n) is 3.86. The van der Waals surface area contributed by atoms with Crippen molar-refractivity contribution >= 4 is 30.1 Å². The molecule has 0 fully saturated rings. The number of hydrogen-bond acceptors (Lipinski definition) is 6. The molecule has 0 radical (unpaired) electrons. The molecule has 0 aliphatic rings. The quantitative estimate of drug-likeness (QED) is 0.687. The van der Waals surface area contributed by atoms with Crippen molar-refractivity contribution in [2.24, 2.45) is 5.73 Å². The fraction of sp³-hybridized carbons (Fsp3) is 0.727. The van der Waals surface area contributed by atoms with Crippen molar-refractivity contribution in [1.82, 2.24) is 0 Å². The molecule has 0 heterocycles. The Kier molecular flexibility index (Phi) is 10.5. The van der Waals surface area contributed by atoms with Crippen LogP contribution in [0.1, 0.15) is 33.6 Å². The van der Waals surface area contributed by atoms with Gasteiger partial charge in [-0.25, -0.2) is 4.79 Å². The van der Waals surface area contributed by atoms with E-state index in [1.165, 1.54) is 6.92 Å². The van der Waals surface area contributed by atoms with Crippen LogP contribution in [-0.4, -0.2) is 36.5 Å². The molecular weight excluding hydrogens is 262 g/mol. The summed E-state index contributed by atoms with van der Waals surface area (Å²) in [5, 5.41) is 0. The van der Waals surface area contributed by atoms with Gasteiger partial charge in [-0.3, -0.25) is 9.59 Å². The minimum Gasteiger partial charge on any atom is -0.460 e. The zero-order valence-electron chi connectivity index (χ0n) is 10.8. The number of hydrogen-bond donors (Lipinski definition) is 1. The molecule has 2 N–H and O–H groups in total. The molecule has 0 aromatic rings. The van der Waals surface area contributed by atoms with Crippen molar-refractivity contribution < 1.29 is 23.9 Å². The minimum atomic E-state index is -0.960. The molecular formula is C11H20ClNO5. The Morgan fingerprint density at radius 3 is 2.06 bits per heavy atom. The van der Waals surface area contributed by atoms with Crippen molar-refractivity contribution in [3.05, 3.63) is 0 Å². The predicted octanol–water partition coefficient (Wildman–Crippen LogP) is 0.599. The SMILES string of the molecule is CC(C)OC(=O)C(C)OC(=O)CCC(=O)CN.Cl. The molecule has 6 nitrogen and oxygen atoms in total. The van der Waals surface area contributed by atoms with Crippen LogP contribution in [0.25, 0.3) is 0 Å². The molecule has 0 aromatic heterocycles. The largest absolute Gasteiger partial charge is 0.460 e. The molecule has 1 atom stereocenters. The summed E-state index contributed by atoms with van der Waals surface area (Å²) in [6.07, 6.45) is -1.27. The van der Waals surface area contributed by atoms with E-state index in [2.05, 4.69) is 0 Å². The van der Waals surface area contributed by atoms with Gasteiger partial charge < -0.3 is 15.2 Å². The van der Waals surface area contributed by atoms with Gasteiger partial charge in [0, 0.05) is 6.42 Å². The van der Waals surface area contributed by atoms with Gasteiger partial charge in [-0.1, -0.05) is 0 Å². The van der Waals surface area contributed by atoms with Gasteiger partial charge >= 0.3 is 11.9 Å². The number of ether oxygens (including phenoxy) is 2. The maximum Gasteiger partial charge on any atom is 0.347 e. The lowest BCUT2D eigenvalue weighted by Crippen LogP contribution is -2.28. The van der Waals surface area contributed by atoms with Gasteiger partial charge in [0.2, 0.25) is 0 Å². The standard InChI is InChI=1S/C11H19NO5.ClH/c1-7(2)16-11(15)8(3)17-10(14)5-4-9(13)6-12;/h7-8H,4-6,12H2,1-3H3;1H. The maximum atomic E-state index is 11.3.